The van der Waals surface area contributed by atoms with Crippen molar-refractivity contribution in [3.05, 3.63) is 57.0 Å². The Balaban J connectivity index is 1.94. The molecule has 2 aromatic carbocycles. The van der Waals surface area contributed by atoms with Crippen molar-refractivity contribution in [1.82, 2.24) is 5.32 Å². The maximum Gasteiger partial charge on any atom is 0.318 e. The maximum absolute atomic E-state index is 11.2. The SMILES string of the molecule is CNC(=O)Nc1ccc(NCc2ccc(Br)c(Br)c2)cc1. The minimum absolute atomic E-state index is 0.226. The fourth-order valence-corrected chi connectivity index (χ4v) is 2.39. The molecule has 0 aliphatic heterocycles. The molecule has 0 aliphatic rings. The third-order valence-corrected chi connectivity index (χ3v) is 4.73. The second kappa shape index (κ2) is 7.47. The van der Waals surface area contributed by atoms with Crippen molar-refractivity contribution in [2.45, 2.75) is 6.54 Å². The molecule has 6 heteroatoms. The van der Waals surface area contributed by atoms with E-state index in [4.69, 9.17) is 0 Å². The Hall–Kier alpha value is -1.53. The number of urea groups is 1. The van der Waals surface area contributed by atoms with E-state index >= 15 is 0 Å². The van der Waals surface area contributed by atoms with Gasteiger partial charge in [-0.2, -0.15) is 0 Å². The summed E-state index contributed by atoms with van der Waals surface area (Å²) >= 11 is 6.94. The minimum atomic E-state index is -0.226. The molecular weight excluding hydrogens is 398 g/mol. The lowest BCUT2D eigenvalue weighted by Gasteiger charge is -2.09. The lowest BCUT2D eigenvalue weighted by atomic mass is 10.2. The molecule has 0 atom stereocenters. The lowest BCUT2D eigenvalue weighted by molar-refractivity contribution is 0.254. The van der Waals surface area contributed by atoms with Gasteiger partial charge in [0.15, 0.2) is 0 Å². The summed E-state index contributed by atoms with van der Waals surface area (Å²) in [6.45, 7) is 0.730. The molecule has 0 aliphatic carbocycles. The molecule has 4 nitrogen and oxygen atoms in total. The molecule has 0 bridgehead atoms. The first-order chi connectivity index (χ1) is 10.1. The van der Waals surface area contributed by atoms with Crippen LogP contribution in [0.2, 0.25) is 0 Å². The largest absolute Gasteiger partial charge is 0.381 e. The van der Waals surface area contributed by atoms with Gasteiger partial charge in [-0.25, -0.2) is 4.79 Å². The number of anilines is 2. The maximum atomic E-state index is 11.2. The van der Waals surface area contributed by atoms with E-state index in [2.05, 4.69) is 59.9 Å². The molecule has 0 saturated carbocycles. The van der Waals surface area contributed by atoms with E-state index in [1.54, 1.807) is 7.05 Å². The number of rotatable bonds is 4. The van der Waals surface area contributed by atoms with Crippen LogP contribution in [0.1, 0.15) is 5.56 Å². The first-order valence-electron chi connectivity index (χ1n) is 6.35. The summed E-state index contributed by atoms with van der Waals surface area (Å²) in [6.07, 6.45) is 0. The van der Waals surface area contributed by atoms with Gasteiger partial charge in [0.05, 0.1) is 0 Å². The topological polar surface area (TPSA) is 53.2 Å². The van der Waals surface area contributed by atoms with Gasteiger partial charge in [0.2, 0.25) is 0 Å². The van der Waals surface area contributed by atoms with Gasteiger partial charge in [0.1, 0.15) is 0 Å². The van der Waals surface area contributed by atoms with Crippen LogP contribution in [0.4, 0.5) is 16.2 Å². The number of hydrogen-bond donors (Lipinski definition) is 3. The van der Waals surface area contributed by atoms with Gasteiger partial charge in [0.25, 0.3) is 0 Å². The highest BCUT2D eigenvalue weighted by molar-refractivity contribution is 9.13. The highest BCUT2D eigenvalue weighted by Crippen LogP contribution is 2.24. The van der Waals surface area contributed by atoms with Crippen LogP contribution < -0.4 is 16.0 Å². The van der Waals surface area contributed by atoms with Gasteiger partial charge in [-0.15, -0.1) is 0 Å². The van der Waals surface area contributed by atoms with Crippen LogP contribution in [0.15, 0.2) is 51.4 Å². The van der Waals surface area contributed by atoms with Crippen LogP contribution in [0.3, 0.4) is 0 Å². The van der Waals surface area contributed by atoms with Crippen molar-refractivity contribution in [2.24, 2.45) is 0 Å². The molecule has 110 valence electrons. The lowest BCUT2D eigenvalue weighted by Crippen LogP contribution is -2.24. The van der Waals surface area contributed by atoms with Crippen molar-refractivity contribution in [3.63, 3.8) is 0 Å². The Bertz CT molecular complexity index is 629. The number of carbonyl (C=O) groups is 1. The Morgan fingerprint density at radius 2 is 1.67 bits per heavy atom. The molecule has 2 amide bonds. The van der Waals surface area contributed by atoms with Gasteiger partial charge >= 0.3 is 6.03 Å². The summed E-state index contributed by atoms with van der Waals surface area (Å²) in [7, 11) is 1.58. The molecular formula is C15H15Br2N3O. The first kappa shape index (κ1) is 15.9. The number of carbonyl (C=O) groups excluding carboxylic acids is 1. The Morgan fingerprint density at radius 3 is 2.29 bits per heavy atom. The smallest absolute Gasteiger partial charge is 0.318 e. The molecule has 3 N–H and O–H groups in total. The van der Waals surface area contributed by atoms with Crippen LogP contribution in [0.25, 0.3) is 0 Å². The average Bonchev–Trinajstić information content (AvgIpc) is 2.50. The molecule has 0 radical (unpaired) electrons. The highest BCUT2D eigenvalue weighted by atomic mass is 79.9. The molecule has 2 aromatic rings. The van der Waals surface area contributed by atoms with E-state index in [-0.39, 0.29) is 6.03 Å². The van der Waals surface area contributed by atoms with Crippen LogP contribution in [-0.4, -0.2) is 13.1 Å². The van der Waals surface area contributed by atoms with Gasteiger partial charge < -0.3 is 16.0 Å². The van der Waals surface area contributed by atoms with E-state index in [0.717, 1.165) is 26.9 Å². The summed E-state index contributed by atoms with van der Waals surface area (Å²) in [6, 6.07) is 13.5. The zero-order chi connectivity index (χ0) is 15.2. The fraction of sp³-hybridized carbons (Fsp3) is 0.133. The molecule has 2 rings (SSSR count). The monoisotopic (exact) mass is 411 g/mol. The molecule has 0 spiro atoms. The number of benzene rings is 2. The van der Waals surface area contributed by atoms with Gasteiger partial charge in [-0.1, -0.05) is 6.07 Å². The van der Waals surface area contributed by atoms with Crippen LogP contribution >= 0.6 is 31.9 Å². The minimum Gasteiger partial charge on any atom is -0.381 e. The van der Waals surface area contributed by atoms with Crippen molar-refractivity contribution in [2.75, 3.05) is 17.7 Å². The zero-order valence-corrected chi connectivity index (χ0v) is 14.6. The number of halogens is 2. The van der Waals surface area contributed by atoms with E-state index in [9.17, 15) is 4.79 Å². The predicted octanol–water partition coefficient (Wildman–Crippen LogP) is 4.58. The molecule has 0 heterocycles. The normalized spacial score (nSPS) is 10.0. The van der Waals surface area contributed by atoms with Gasteiger partial charge in [-0.05, 0) is 73.8 Å². The van der Waals surface area contributed by atoms with E-state index < -0.39 is 0 Å². The Morgan fingerprint density at radius 1 is 1.00 bits per heavy atom. The first-order valence-corrected chi connectivity index (χ1v) is 7.93. The number of hydrogen-bond acceptors (Lipinski definition) is 2. The zero-order valence-electron chi connectivity index (χ0n) is 11.4. The summed E-state index contributed by atoms with van der Waals surface area (Å²) in [5.74, 6) is 0. The number of nitrogens with one attached hydrogen (secondary N) is 3. The second-order valence-electron chi connectivity index (χ2n) is 4.38. The van der Waals surface area contributed by atoms with E-state index in [1.165, 1.54) is 5.56 Å². The van der Waals surface area contributed by atoms with E-state index in [0.29, 0.717) is 0 Å². The molecule has 0 unspecified atom stereocenters. The van der Waals surface area contributed by atoms with Crippen molar-refractivity contribution < 1.29 is 4.79 Å². The highest BCUT2D eigenvalue weighted by Gasteiger charge is 2.01. The van der Waals surface area contributed by atoms with Gasteiger partial charge in [0, 0.05) is 33.9 Å². The molecule has 0 fully saturated rings. The van der Waals surface area contributed by atoms with Gasteiger partial charge in [-0.3, -0.25) is 0 Å². The molecule has 21 heavy (non-hydrogen) atoms. The van der Waals surface area contributed by atoms with Crippen molar-refractivity contribution in [3.8, 4) is 0 Å². The van der Waals surface area contributed by atoms with Crippen molar-refractivity contribution in [1.29, 1.82) is 0 Å². The third kappa shape index (κ3) is 4.75. The molecule has 0 aromatic heterocycles. The van der Waals surface area contributed by atoms with Crippen LogP contribution in [-0.2, 0) is 6.54 Å². The fourth-order valence-electron chi connectivity index (χ4n) is 1.72. The van der Waals surface area contributed by atoms with E-state index in [1.807, 2.05) is 30.3 Å². The summed E-state index contributed by atoms with van der Waals surface area (Å²) in [5.41, 5.74) is 2.93. The second-order valence-corrected chi connectivity index (χ2v) is 6.09. The summed E-state index contributed by atoms with van der Waals surface area (Å²) in [4.78, 5) is 11.2. The molecule has 0 saturated heterocycles. The summed E-state index contributed by atoms with van der Waals surface area (Å²) < 4.78 is 2.07. The third-order valence-electron chi connectivity index (χ3n) is 2.85. The van der Waals surface area contributed by atoms with Crippen LogP contribution in [0, 0.1) is 0 Å². The van der Waals surface area contributed by atoms with Crippen LogP contribution in [0.5, 0.6) is 0 Å². The Kier molecular flexibility index (Phi) is 5.64. The van der Waals surface area contributed by atoms with Crippen molar-refractivity contribution >= 4 is 49.3 Å². The summed E-state index contributed by atoms with van der Waals surface area (Å²) in [5, 5.41) is 8.57. The number of amides is 2. The average molecular weight is 413 g/mol. The quantitative estimate of drug-likeness (QED) is 0.688. The Labute approximate surface area is 140 Å². The predicted molar refractivity (Wildman–Crippen MR) is 93.7 cm³/mol. The standard InChI is InChI=1S/C15H15Br2N3O/c1-18-15(21)20-12-5-3-11(4-6-12)19-9-10-2-7-13(16)14(17)8-10/h2-8,19H,9H2,1H3,(H2,18,20,21).